The standard InChI is InChI=1S/C19H13F5Si/c20-13-14(21)16(23)19(17(24)15(13)22)25-18(11-7-3-1-4-8-11)12-9-5-2-6-10-12/h1-10,18H,25H2. The summed E-state index contributed by atoms with van der Waals surface area (Å²) in [5.74, 6) is -9.34. The normalized spacial score (nSPS) is 11.6. The van der Waals surface area contributed by atoms with Gasteiger partial charge in [-0.2, -0.15) is 0 Å². The third-order valence-corrected chi connectivity index (χ3v) is 6.49. The predicted octanol–water partition coefficient (Wildman–Crippen LogP) is 3.97. The number of hydrogen-bond donors (Lipinski definition) is 0. The number of benzene rings is 3. The maximum absolute atomic E-state index is 14.1. The van der Waals surface area contributed by atoms with E-state index in [1.54, 1.807) is 60.7 Å². The molecule has 0 bridgehead atoms. The predicted molar refractivity (Wildman–Crippen MR) is 89.1 cm³/mol. The van der Waals surface area contributed by atoms with E-state index < -0.39 is 49.3 Å². The summed E-state index contributed by atoms with van der Waals surface area (Å²) in [4.78, 5) is 0. The molecule has 0 aliphatic rings. The second kappa shape index (κ2) is 7.19. The quantitative estimate of drug-likeness (QED) is 0.284. The van der Waals surface area contributed by atoms with E-state index in [1.807, 2.05) is 0 Å². The Bertz CT molecular complexity index is 813. The van der Waals surface area contributed by atoms with Crippen molar-refractivity contribution in [2.24, 2.45) is 0 Å². The monoisotopic (exact) mass is 364 g/mol. The molecule has 25 heavy (non-hydrogen) atoms. The minimum atomic E-state index is -2.12. The molecule has 0 aliphatic carbocycles. The van der Waals surface area contributed by atoms with Gasteiger partial charge in [-0.15, -0.1) is 0 Å². The van der Waals surface area contributed by atoms with Gasteiger partial charge in [0.15, 0.2) is 23.3 Å². The fraction of sp³-hybridized carbons (Fsp3) is 0.0526. The van der Waals surface area contributed by atoms with Gasteiger partial charge in [-0.3, -0.25) is 0 Å². The first-order valence-electron chi connectivity index (χ1n) is 7.61. The van der Waals surface area contributed by atoms with Gasteiger partial charge in [0.25, 0.3) is 0 Å². The smallest absolute Gasteiger partial charge is 0.200 e. The van der Waals surface area contributed by atoms with Crippen LogP contribution >= 0.6 is 0 Å². The van der Waals surface area contributed by atoms with Crippen LogP contribution in [0.2, 0.25) is 0 Å². The Morgan fingerprint density at radius 1 is 0.520 bits per heavy atom. The van der Waals surface area contributed by atoms with E-state index >= 15 is 0 Å². The van der Waals surface area contributed by atoms with Crippen LogP contribution in [0.3, 0.4) is 0 Å². The van der Waals surface area contributed by atoms with Crippen molar-refractivity contribution in [3.63, 3.8) is 0 Å². The van der Waals surface area contributed by atoms with Gasteiger partial charge in [-0.05, 0) is 11.1 Å². The van der Waals surface area contributed by atoms with Gasteiger partial charge >= 0.3 is 0 Å². The highest BCUT2D eigenvalue weighted by atomic mass is 28.2. The molecule has 6 heteroatoms. The molecule has 0 saturated heterocycles. The maximum atomic E-state index is 14.1. The third-order valence-electron chi connectivity index (χ3n) is 4.11. The number of rotatable bonds is 4. The lowest BCUT2D eigenvalue weighted by Gasteiger charge is -2.19. The molecular formula is C19H13F5Si. The Labute approximate surface area is 143 Å². The second-order valence-electron chi connectivity index (χ2n) is 5.63. The zero-order chi connectivity index (χ0) is 18.0. The van der Waals surface area contributed by atoms with E-state index in [9.17, 15) is 22.0 Å². The van der Waals surface area contributed by atoms with Crippen LogP contribution in [0.15, 0.2) is 60.7 Å². The molecule has 0 aliphatic heterocycles. The lowest BCUT2D eigenvalue weighted by atomic mass is 10.0. The Morgan fingerprint density at radius 2 is 0.880 bits per heavy atom. The third kappa shape index (κ3) is 3.35. The number of halogens is 5. The zero-order valence-electron chi connectivity index (χ0n) is 12.9. The van der Waals surface area contributed by atoms with Crippen molar-refractivity contribution < 1.29 is 22.0 Å². The van der Waals surface area contributed by atoms with Gasteiger partial charge < -0.3 is 0 Å². The summed E-state index contributed by atoms with van der Waals surface area (Å²) in [6, 6.07) is 17.9. The molecule has 0 N–H and O–H groups in total. The molecule has 0 saturated carbocycles. The average Bonchev–Trinajstić information content (AvgIpc) is 2.66. The largest absolute Gasteiger partial charge is 0.204 e. The van der Waals surface area contributed by atoms with Crippen molar-refractivity contribution in [1.29, 1.82) is 0 Å². The number of hydrogen-bond acceptors (Lipinski definition) is 0. The van der Waals surface area contributed by atoms with Gasteiger partial charge in [-0.1, -0.05) is 60.7 Å². The van der Waals surface area contributed by atoms with E-state index in [0.29, 0.717) is 0 Å². The van der Waals surface area contributed by atoms with Crippen molar-refractivity contribution in [3.8, 4) is 0 Å². The van der Waals surface area contributed by atoms with E-state index in [-0.39, 0.29) is 0 Å². The molecule has 3 aromatic rings. The zero-order valence-corrected chi connectivity index (χ0v) is 14.4. The summed E-state index contributed by atoms with van der Waals surface area (Å²) in [6.07, 6.45) is 0. The topological polar surface area (TPSA) is 0 Å². The Kier molecular flexibility index (Phi) is 4.99. The molecule has 0 aromatic heterocycles. The molecule has 0 spiro atoms. The Hall–Kier alpha value is -2.47. The summed E-state index contributed by atoms with van der Waals surface area (Å²) in [5, 5.41) is -0.672. The first kappa shape index (κ1) is 17.4. The molecule has 128 valence electrons. The molecule has 0 unspecified atom stereocenters. The molecule has 0 radical (unpaired) electrons. The molecule has 3 rings (SSSR count). The van der Waals surface area contributed by atoms with Crippen LogP contribution < -0.4 is 5.19 Å². The summed E-state index contributed by atoms with van der Waals surface area (Å²) < 4.78 is 68.5. The highest BCUT2D eigenvalue weighted by Gasteiger charge is 2.28. The van der Waals surface area contributed by atoms with Crippen molar-refractivity contribution in [3.05, 3.63) is 101 Å². The van der Waals surface area contributed by atoms with Crippen LogP contribution in [0.1, 0.15) is 16.7 Å². The SMILES string of the molecule is Fc1c(F)c(F)c([SiH2]C(c2ccccc2)c2ccccc2)c(F)c1F. The first-order chi connectivity index (χ1) is 12.0. The fourth-order valence-corrected chi connectivity index (χ4v) is 4.93. The molecular weight excluding hydrogens is 351 g/mol. The van der Waals surface area contributed by atoms with Gasteiger partial charge in [0, 0.05) is 10.7 Å². The minimum Gasteiger partial charge on any atom is -0.204 e. The van der Waals surface area contributed by atoms with Gasteiger partial charge in [0.2, 0.25) is 5.82 Å². The molecule has 0 fully saturated rings. The van der Waals surface area contributed by atoms with Crippen molar-refractivity contribution in [1.82, 2.24) is 0 Å². The first-order valence-corrected chi connectivity index (χ1v) is 9.13. The van der Waals surface area contributed by atoms with E-state index in [4.69, 9.17) is 0 Å². The molecule has 3 aromatic carbocycles. The van der Waals surface area contributed by atoms with E-state index in [0.717, 1.165) is 11.1 Å². The van der Waals surface area contributed by atoms with Crippen LogP contribution in [0.5, 0.6) is 0 Å². The van der Waals surface area contributed by atoms with Gasteiger partial charge in [-0.25, -0.2) is 22.0 Å². The molecule has 0 heterocycles. The van der Waals surface area contributed by atoms with E-state index in [1.165, 1.54) is 0 Å². The van der Waals surface area contributed by atoms with Crippen LogP contribution in [0.25, 0.3) is 0 Å². The van der Waals surface area contributed by atoms with Gasteiger partial charge in [0.1, 0.15) is 0 Å². The van der Waals surface area contributed by atoms with Gasteiger partial charge in [0.05, 0.1) is 9.52 Å². The Morgan fingerprint density at radius 3 is 1.28 bits per heavy atom. The lowest BCUT2D eigenvalue weighted by molar-refractivity contribution is 0.384. The fourth-order valence-electron chi connectivity index (χ4n) is 2.83. The Balaban J connectivity index is 2.12. The summed E-state index contributed by atoms with van der Waals surface area (Å²) in [5.41, 5.74) is 1.16. The average molecular weight is 364 g/mol. The van der Waals surface area contributed by atoms with Crippen LogP contribution in [0.4, 0.5) is 22.0 Å². The van der Waals surface area contributed by atoms with Crippen molar-refractivity contribution in [2.45, 2.75) is 5.54 Å². The van der Waals surface area contributed by atoms with Crippen LogP contribution in [0, 0.1) is 29.1 Å². The van der Waals surface area contributed by atoms with Crippen LogP contribution in [-0.4, -0.2) is 9.52 Å². The summed E-state index contributed by atoms with van der Waals surface area (Å²) in [6.45, 7) is 0. The van der Waals surface area contributed by atoms with Crippen molar-refractivity contribution in [2.75, 3.05) is 0 Å². The maximum Gasteiger partial charge on any atom is 0.200 e. The summed E-state index contributed by atoms with van der Waals surface area (Å²) in [7, 11) is -1.91. The second-order valence-corrected chi connectivity index (χ2v) is 7.56. The highest BCUT2D eigenvalue weighted by Crippen LogP contribution is 2.25. The summed E-state index contributed by atoms with van der Waals surface area (Å²) >= 11 is 0. The molecule has 0 amide bonds. The molecule has 0 atom stereocenters. The lowest BCUT2D eigenvalue weighted by Crippen LogP contribution is -2.32. The van der Waals surface area contributed by atoms with Crippen molar-refractivity contribution >= 4 is 14.7 Å². The van der Waals surface area contributed by atoms with Crippen LogP contribution in [-0.2, 0) is 0 Å². The molecule has 0 nitrogen and oxygen atoms in total. The highest BCUT2D eigenvalue weighted by molar-refractivity contribution is 6.56. The van der Waals surface area contributed by atoms with E-state index in [2.05, 4.69) is 0 Å². The minimum absolute atomic E-state index is 0.407.